The second-order valence-corrected chi connectivity index (χ2v) is 22.3. The molecule has 0 radical (unpaired) electrons. The minimum Gasteiger partial charge on any atom is -0.813 e. The standard InChI is InChI=1S/C56H63F2N10O9.H3P.H2S.Tl/c1-7-9-10-23-67(54(73)77-55(3,4)5)64-49-39-30-60-47(38-29-35(76-33-74-6)28-34-15-16-40(57)36(8-2)44(34)38)46(58)48(39)62-53(63-49)75-32-56(19-20-56)31-66-26-24-65(25-27-66)22-12-21-59-41-14-11-13-37-45(41)52(72)68(51(37)71)42-17-18-43(69)61-50(42)70;;;/h11,13-16,28-30,42,59H,7,9-10,12,17-27,31-33H2,1,3-6H3,(H,61,69,70)(H,62,63,64);1H3;1H2;/p-1. The number of imide groups is 2. The Balaban J connectivity index is 0.00000462. The number of hydrogen-bond donors (Lipinski definition) is 3. The van der Waals surface area contributed by atoms with E-state index in [-0.39, 0.29) is 138 Å². The van der Waals surface area contributed by atoms with Gasteiger partial charge in [-0.2, -0.15) is 9.90 Å². The molecule has 19 nitrogen and oxygen atoms in total. The van der Waals surface area contributed by atoms with Crippen molar-refractivity contribution in [1.29, 1.82) is 0 Å². The Kier molecular flexibility index (Phi) is 20.7. The maximum atomic E-state index is 17.6. The van der Waals surface area contributed by atoms with Gasteiger partial charge in [-0.3, -0.25) is 29.4 Å². The number of aromatic nitrogens is 3. The van der Waals surface area contributed by atoms with Gasteiger partial charge in [0.25, 0.3) is 11.8 Å². The van der Waals surface area contributed by atoms with Gasteiger partial charge in [-0.25, -0.2) is 4.79 Å². The molecule has 4 aliphatic rings. The average Bonchev–Trinajstić information content (AvgIpc) is 4.14. The van der Waals surface area contributed by atoms with E-state index in [9.17, 15) is 24.0 Å². The van der Waals surface area contributed by atoms with Crippen LogP contribution in [-0.4, -0.2) is 175 Å². The molecular weight excluding hydrogens is 1260 g/mol. The van der Waals surface area contributed by atoms with Crippen LogP contribution >= 0.6 is 9.90 Å². The van der Waals surface area contributed by atoms with E-state index in [2.05, 4.69) is 52.2 Å². The fourth-order valence-corrected chi connectivity index (χ4v) is 10.7. The number of hydrogen-bond acceptors (Lipinski definition) is 17. The quantitative estimate of drug-likeness (QED) is 0.00794. The number of unbranched alkanes of at least 4 members (excludes halogenated alkanes) is 2. The van der Waals surface area contributed by atoms with Crippen molar-refractivity contribution in [2.24, 2.45) is 5.41 Å². The number of anilines is 2. The first-order valence-corrected chi connectivity index (χ1v) is 28.6. The summed E-state index contributed by atoms with van der Waals surface area (Å²) in [6.45, 7) is 13.3. The summed E-state index contributed by atoms with van der Waals surface area (Å²) in [7, 11) is 1.48. The maximum absolute atomic E-state index is 17.6. The summed E-state index contributed by atoms with van der Waals surface area (Å²) in [5.41, 5.74) is 3.17. The Morgan fingerprint density at radius 1 is 0.975 bits per heavy atom. The Labute approximate surface area is 490 Å². The Morgan fingerprint density at radius 2 is 1.74 bits per heavy atom. The number of piperazine rings is 1. The van der Waals surface area contributed by atoms with Crippen molar-refractivity contribution in [3.05, 3.63) is 77.0 Å². The van der Waals surface area contributed by atoms with Crippen molar-refractivity contribution < 1.29 is 51.7 Å². The summed E-state index contributed by atoms with van der Waals surface area (Å²) in [4.78, 5) is 84.7. The molecule has 9 rings (SSSR count). The minimum atomic E-state index is -1.03. The zero-order valence-corrected chi connectivity index (χ0v) is 52.5. The number of fused-ring (bicyclic) bond motifs is 3. The van der Waals surface area contributed by atoms with E-state index < -0.39 is 53.0 Å². The number of benzene rings is 3. The van der Waals surface area contributed by atoms with Crippen LogP contribution in [0.1, 0.15) is 105 Å². The number of carbonyl (C=O) groups excluding carboxylic acids is 5. The monoisotopic (exact) mass is 1330 g/mol. The van der Waals surface area contributed by atoms with Gasteiger partial charge in [-0.15, -0.1) is 0 Å². The molecule has 1 aliphatic carbocycles. The second-order valence-electron chi connectivity index (χ2n) is 21.2. The third-order valence-corrected chi connectivity index (χ3v) is 14.8. The molecular formula is C56H67F2N10O9PSTl-. The molecule has 3 aromatic carbocycles. The van der Waals surface area contributed by atoms with Gasteiger partial charge < -0.3 is 33.3 Å². The zero-order valence-electron chi connectivity index (χ0n) is 45.7. The topological polar surface area (TPSA) is 210 Å². The molecule has 5 amide bonds. The Hall–Kier alpha value is -5.84. The van der Waals surface area contributed by atoms with Gasteiger partial charge in [-0.05, 0) is 71.6 Å². The normalized spacial score (nSPS) is 16.9. The van der Waals surface area contributed by atoms with Gasteiger partial charge in [0.15, 0.2) is 0 Å². The molecule has 2 atom stereocenters. The van der Waals surface area contributed by atoms with Crippen LogP contribution < -0.4 is 25.5 Å². The fraction of sp³-hybridized carbons (Fsp3) is 0.464. The van der Waals surface area contributed by atoms with Crippen LogP contribution in [0.2, 0.25) is 0 Å². The number of nitrogens with zero attached hydrogens (tertiary/aromatic N) is 7. The van der Waals surface area contributed by atoms with Crippen LogP contribution in [-0.2, 0) is 32.6 Å². The SMILES string of the molecule is CCCCCN(Nc1nc(OCC2(CN3CCN(CCCNc4cccc5c4C(=O)N(C4CCC(=O)NC4=O)C5=O)CC3)CC2)nc2c(F)c(-c3cc(OCOC)cc4ccc(F)c(C#[C][Tl])c34)ncc12)C(=O)OC(C)(C)C.P.[SH-]. The zero-order chi connectivity index (χ0) is 55.3. The fourth-order valence-electron chi connectivity index (χ4n) is 10.1. The van der Waals surface area contributed by atoms with E-state index in [1.807, 2.05) is 0 Å². The summed E-state index contributed by atoms with van der Waals surface area (Å²) in [6.07, 6.45) is 5.89. The Morgan fingerprint density at radius 3 is 2.44 bits per heavy atom. The maximum Gasteiger partial charge on any atom is 0.429 e. The summed E-state index contributed by atoms with van der Waals surface area (Å²) in [5.74, 6) is -0.207. The van der Waals surface area contributed by atoms with Crippen molar-refractivity contribution in [2.45, 2.75) is 90.7 Å². The summed E-state index contributed by atoms with van der Waals surface area (Å²) < 4.78 is 59.3. The number of rotatable bonds is 21. The number of hydrazine groups is 1. The van der Waals surface area contributed by atoms with E-state index in [4.69, 9.17) is 23.9 Å². The van der Waals surface area contributed by atoms with E-state index in [0.29, 0.717) is 35.2 Å². The largest absolute Gasteiger partial charge is 0.813 e. The third-order valence-electron chi connectivity index (χ3n) is 14.3. The first kappa shape index (κ1) is 61.8. The minimum absolute atomic E-state index is 0. The molecule has 2 saturated heterocycles. The second kappa shape index (κ2) is 26.8. The molecule has 24 heteroatoms. The van der Waals surface area contributed by atoms with Gasteiger partial charge in [0.05, 0.1) is 11.1 Å². The van der Waals surface area contributed by atoms with Gasteiger partial charge >= 0.3 is 208 Å². The number of carbonyl (C=O) groups is 5. The number of piperidine rings is 1. The molecule has 2 aromatic heterocycles. The number of thiol groups is 1. The predicted octanol–water partition coefficient (Wildman–Crippen LogP) is 6.81. The summed E-state index contributed by atoms with van der Waals surface area (Å²) >= 11 is 0.252. The molecule has 80 heavy (non-hydrogen) atoms. The molecule has 0 spiro atoms. The molecule has 3 N–H and O–H groups in total. The number of methoxy groups -OCH3 is 1. The number of pyridine rings is 1. The molecule has 1 saturated carbocycles. The van der Waals surface area contributed by atoms with Gasteiger partial charge in [0.1, 0.15) is 11.6 Å². The first-order valence-electron chi connectivity index (χ1n) is 26.4. The number of ether oxygens (including phenoxy) is 4. The van der Waals surface area contributed by atoms with Crippen molar-refractivity contribution in [3.8, 4) is 32.4 Å². The molecule has 2 unspecified atom stereocenters. The van der Waals surface area contributed by atoms with E-state index >= 15 is 8.78 Å². The van der Waals surface area contributed by atoms with Crippen LogP contribution in [0.3, 0.4) is 0 Å². The summed E-state index contributed by atoms with van der Waals surface area (Å²) in [5, 5.41) is 7.98. The molecule has 424 valence electrons. The van der Waals surface area contributed by atoms with Gasteiger partial charge in [0, 0.05) is 63.3 Å². The van der Waals surface area contributed by atoms with Crippen LogP contribution in [0.4, 0.5) is 25.1 Å². The van der Waals surface area contributed by atoms with Crippen LogP contribution in [0, 0.1) is 26.4 Å². The molecule has 5 aromatic rings. The summed E-state index contributed by atoms with van der Waals surface area (Å²) in [6, 6.07) is 10.1. The van der Waals surface area contributed by atoms with Crippen molar-refractivity contribution in [3.63, 3.8) is 0 Å². The predicted molar refractivity (Wildman–Crippen MR) is 308 cm³/mol. The van der Waals surface area contributed by atoms with Gasteiger partial charge in [-0.1, -0.05) is 25.8 Å². The van der Waals surface area contributed by atoms with Crippen LogP contribution in [0.25, 0.3) is 32.9 Å². The van der Waals surface area contributed by atoms with Crippen LogP contribution in [0.5, 0.6) is 11.8 Å². The number of halogens is 2. The smallest absolute Gasteiger partial charge is 0.429 e. The van der Waals surface area contributed by atoms with Gasteiger partial charge in [0.2, 0.25) is 11.8 Å². The van der Waals surface area contributed by atoms with Crippen molar-refractivity contribution in [2.75, 3.05) is 83.6 Å². The molecule has 3 aliphatic heterocycles. The average molecular weight is 1330 g/mol. The molecule has 5 heterocycles. The number of nitrogens with one attached hydrogen (secondary N) is 3. The van der Waals surface area contributed by atoms with Crippen molar-refractivity contribution in [1.82, 2.24) is 40.0 Å². The molecule has 3 fully saturated rings. The molecule has 0 bridgehead atoms. The van der Waals surface area contributed by atoms with E-state index in [0.717, 1.165) is 76.3 Å². The van der Waals surface area contributed by atoms with Crippen molar-refractivity contribution >= 4 is 112 Å². The first-order chi connectivity index (χ1) is 37.5. The van der Waals surface area contributed by atoms with E-state index in [1.54, 1.807) is 57.2 Å². The number of amides is 5. The van der Waals surface area contributed by atoms with E-state index in [1.165, 1.54) is 24.4 Å². The van der Waals surface area contributed by atoms with Crippen LogP contribution in [0.15, 0.2) is 48.7 Å². The third kappa shape index (κ3) is 14.1. The Bertz CT molecular complexity index is 3220.